The number of nitrogens with one attached hydrogen (secondary N) is 1. The van der Waals surface area contributed by atoms with Gasteiger partial charge in [-0.3, -0.25) is 4.79 Å². The molecule has 1 aromatic carbocycles. The van der Waals surface area contributed by atoms with Crippen LogP contribution in [-0.4, -0.2) is 5.91 Å². The number of anilines is 1. The first-order valence-corrected chi connectivity index (χ1v) is 5.18. The first-order chi connectivity index (χ1) is 6.83. The number of unbranched alkanes of at least 4 members (excludes halogenated alkanes) is 2. The van der Waals surface area contributed by atoms with Crippen LogP contribution in [0.25, 0.3) is 0 Å². The summed E-state index contributed by atoms with van der Waals surface area (Å²) in [5.74, 6) is 0.115. The van der Waals surface area contributed by atoms with Crippen LogP contribution in [0.2, 0.25) is 0 Å². The number of carbonyl (C=O) groups is 1. The third-order valence-corrected chi connectivity index (χ3v) is 2.06. The lowest BCUT2D eigenvalue weighted by molar-refractivity contribution is -0.116. The van der Waals surface area contributed by atoms with E-state index >= 15 is 0 Å². The Morgan fingerprint density at radius 2 is 1.87 bits per heavy atom. The summed E-state index contributed by atoms with van der Waals surface area (Å²) >= 11 is 0. The molecule has 84 valence electrons. The second kappa shape index (κ2) is 8.30. The van der Waals surface area contributed by atoms with Gasteiger partial charge in [-0.15, -0.1) is 12.4 Å². The molecule has 0 unspecified atom stereocenters. The van der Waals surface area contributed by atoms with Crippen molar-refractivity contribution < 1.29 is 4.79 Å². The van der Waals surface area contributed by atoms with Crippen molar-refractivity contribution in [2.24, 2.45) is 0 Å². The summed E-state index contributed by atoms with van der Waals surface area (Å²) in [6.07, 6.45) is 3.89. The van der Waals surface area contributed by atoms with Gasteiger partial charge in [-0.1, -0.05) is 38.0 Å². The number of hydrogen-bond acceptors (Lipinski definition) is 1. The van der Waals surface area contributed by atoms with Crippen LogP contribution in [0.15, 0.2) is 30.3 Å². The van der Waals surface area contributed by atoms with E-state index in [4.69, 9.17) is 0 Å². The molecule has 0 aliphatic rings. The lowest BCUT2D eigenvalue weighted by Gasteiger charge is -2.03. The predicted molar refractivity (Wildman–Crippen MR) is 66.5 cm³/mol. The van der Waals surface area contributed by atoms with Crippen LogP contribution in [0.4, 0.5) is 5.69 Å². The second-order valence-corrected chi connectivity index (χ2v) is 3.37. The molecule has 0 aliphatic carbocycles. The van der Waals surface area contributed by atoms with E-state index in [1.165, 1.54) is 0 Å². The Morgan fingerprint density at radius 1 is 1.20 bits per heavy atom. The molecule has 1 amide bonds. The molecule has 2 nitrogen and oxygen atoms in total. The summed E-state index contributed by atoms with van der Waals surface area (Å²) in [7, 11) is 0. The zero-order valence-electron chi connectivity index (χ0n) is 9.03. The van der Waals surface area contributed by atoms with Gasteiger partial charge >= 0.3 is 0 Å². The largest absolute Gasteiger partial charge is 0.326 e. The third-order valence-electron chi connectivity index (χ3n) is 2.06. The second-order valence-electron chi connectivity index (χ2n) is 3.37. The van der Waals surface area contributed by atoms with E-state index in [1.54, 1.807) is 0 Å². The van der Waals surface area contributed by atoms with E-state index in [0.29, 0.717) is 6.42 Å². The summed E-state index contributed by atoms with van der Waals surface area (Å²) in [6.45, 7) is 2.13. The van der Waals surface area contributed by atoms with Gasteiger partial charge in [0.2, 0.25) is 5.91 Å². The maximum absolute atomic E-state index is 11.4. The Morgan fingerprint density at radius 3 is 2.47 bits per heavy atom. The Hall–Kier alpha value is -1.02. The summed E-state index contributed by atoms with van der Waals surface area (Å²) < 4.78 is 0. The highest BCUT2D eigenvalue weighted by atomic mass is 35.5. The van der Waals surface area contributed by atoms with Crippen molar-refractivity contribution in [3.05, 3.63) is 30.3 Å². The summed E-state index contributed by atoms with van der Waals surface area (Å²) in [4.78, 5) is 11.4. The number of carbonyl (C=O) groups excluding carboxylic acids is 1. The van der Waals surface area contributed by atoms with Crippen molar-refractivity contribution in [1.82, 2.24) is 0 Å². The van der Waals surface area contributed by atoms with Crippen LogP contribution in [-0.2, 0) is 4.79 Å². The van der Waals surface area contributed by atoms with Crippen LogP contribution in [0.5, 0.6) is 0 Å². The van der Waals surface area contributed by atoms with Gasteiger partial charge in [0.1, 0.15) is 0 Å². The van der Waals surface area contributed by atoms with Gasteiger partial charge in [0, 0.05) is 12.1 Å². The van der Waals surface area contributed by atoms with Gasteiger partial charge in [-0.2, -0.15) is 0 Å². The highest BCUT2D eigenvalue weighted by molar-refractivity contribution is 5.90. The van der Waals surface area contributed by atoms with Gasteiger partial charge in [-0.05, 0) is 18.6 Å². The van der Waals surface area contributed by atoms with Crippen molar-refractivity contribution in [1.29, 1.82) is 0 Å². The molecule has 0 radical (unpaired) electrons. The molecule has 0 spiro atoms. The van der Waals surface area contributed by atoms with E-state index in [2.05, 4.69) is 12.2 Å². The van der Waals surface area contributed by atoms with E-state index in [-0.39, 0.29) is 18.3 Å². The van der Waals surface area contributed by atoms with Gasteiger partial charge in [0.15, 0.2) is 0 Å². The molecule has 0 heterocycles. The minimum Gasteiger partial charge on any atom is -0.326 e. The van der Waals surface area contributed by atoms with Gasteiger partial charge in [0.25, 0.3) is 0 Å². The fourth-order valence-corrected chi connectivity index (χ4v) is 1.28. The first-order valence-electron chi connectivity index (χ1n) is 5.18. The summed E-state index contributed by atoms with van der Waals surface area (Å²) in [6, 6.07) is 9.57. The van der Waals surface area contributed by atoms with Crippen molar-refractivity contribution in [2.75, 3.05) is 5.32 Å². The van der Waals surface area contributed by atoms with Crippen LogP contribution in [0, 0.1) is 0 Å². The smallest absolute Gasteiger partial charge is 0.224 e. The van der Waals surface area contributed by atoms with E-state index in [1.807, 2.05) is 30.3 Å². The number of benzene rings is 1. The Bertz CT molecular complexity index is 274. The number of para-hydroxylation sites is 1. The fourth-order valence-electron chi connectivity index (χ4n) is 1.28. The molecule has 0 bridgehead atoms. The van der Waals surface area contributed by atoms with Gasteiger partial charge < -0.3 is 5.32 Å². The first kappa shape index (κ1) is 14.0. The van der Waals surface area contributed by atoms with Gasteiger partial charge in [-0.25, -0.2) is 0 Å². The lowest BCUT2D eigenvalue weighted by atomic mass is 10.2. The maximum atomic E-state index is 11.4. The molecule has 0 fully saturated rings. The fraction of sp³-hybridized carbons (Fsp3) is 0.417. The zero-order valence-corrected chi connectivity index (χ0v) is 9.85. The zero-order chi connectivity index (χ0) is 10.2. The molecule has 0 aliphatic heterocycles. The van der Waals surface area contributed by atoms with E-state index in [9.17, 15) is 4.79 Å². The van der Waals surface area contributed by atoms with Crippen molar-refractivity contribution in [3.8, 4) is 0 Å². The van der Waals surface area contributed by atoms with E-state index < -0.39 is 0 Å². The third kappa shape index (κ3) is 6.13. The molecule has 0 aromatic heterocycles. The van der Waals surface area contributed by atoms with Crippen LogP contribution < -0.4 is 5.32 Å². The average molecular weight is 228 g/mol. The standard InChI is InChI=1S/C12H17NO.ClH/c1-2-3-5-10-12(14)13-11-8-6-4-7-9-11;/h4,6-9H,2-3,5,10H2,1H3,(H,13,14);1H. The predicted octanol–water partition coefficient (Wildman–Crippen LogP) is 3.63. The summed E-state index contributed by atoms with van der Waals surface area (Å²) in [5, 5.41) is 2.86. The quantitative estimate of drug-likeness (QED) is 0.765. The van der Waals surface area contributed by atoms with Crippen molar-refractivity contribution in [3.63, 3.8) is 0 Å². The van der Waals surface area contributed by atoms with Crippen molar-refractivity contribution >= 4 is 24.0 Å². The minimum atomic E-state index is 0. The minimum absolute atomic E-state index is 0. The number of rotatable bonds is 5. The normalized spacial score (nSPS) is 9.13. The number of amides is 1. The highest BCUT2D eigenvalue weighted by Crippen LogP contribution is 2.07. The SMILES string of the molecule is CCCCCC(=O)Nc1ccccc1.Cl. The molecular weight excluding hydrogens is 210 g/mol. The highest BCUT2D eigenvalue weighted by Gasteiger charge is 2.00. The molecule has 15 heavy (non-hydrogen) atoms. The summed E-state index contributed by atoms with van der Waals surface area (Å²) in [5.41, 5.74) is 0.883. The Labute approximate surface area is 97.5 Å². The molecule has 1 N–H and O–H groups in total. The molecule has 3 heteroatoms. The molecule has 1 aromatic rings. The van der Waals surface area contributed by atoms with Crippen LogP contribution >= 0.6 is 12.4 Å². The van der Waals surface area contributed by atoms with E-state index in [0.717, 1.165) is 24.9 Å². The molecule has 0 atom stereocenters. The number of halogens is 1. The molecule has 0 saturated carbocycles. The van der Waals surface area contributed by atoms with Crippen LogP contribution in [0.3, 0.4) is 0 Å². The van der Waals surface area contributed by atoms with Gasteiger partial charge in [0.05, 0.1) is 0 Å². The molecular formula is C12H18ClNO. The Kier molecular flexibility index (Phi) is 7.74. The number of hydrogen-bond donors (Lipinski definition) is 1. The Balaban J connectivity index is 0.00000196. The monoisotopic (exact) mass is 227 g/mol. The topological polar surface area (TPSA) is 29.1 Å². The average Bonchev–Trinajstić information content (AvgIpc) is 2.20. The van der Waals surface area contributed by atoms with Crippen molar-refractivity contribution in [2.45, 2.75) is 32.6 Å². The molecule has 0 saturated heterocycles. The maximum Gasteiger partial charge on any atom is 0.224 e. The molecule has 1 rings (SSSR count). The lowest BCUT2D eigenvalue weighted by Crippen LogP contribution is -2.10. The van der Waals surface area contributed by atoms with Crippen LogP contribution in [0.1, 0.15) is 32.6 Å².